The van der Waals surface area contributed by atoms with E-state index in [1.807, 2.05) is 22.6 Å². The van der Waals surface area contributed by atoms with E-state index >= 15 is 0 Å². The van der Waals surface area contributed by atoms with Crippen LogP contribution in [0.3, 0.4) is 0 Å². The third-order valence-corrected chi connectivity index (χ3v) is 5.54. The number of aromatic amines is 1. The van der Waals surface area contributed by atoms with Crippen LogP contribution in [0, 0.1) is 9.39 Å². The van der Waals surface area contributed by atoms with Crippen LogP contribution in [0.25, 0.3) is 11.3 Å². The smallest absolute Gasteiger partial charge is 0.329 e. The molecular weight excluding hydrogens is 562 g/mol. The molecule has 2 amide bonds. The van der Waals surface area contributed by atoms with Gasteiger partial charge in [0.1, 0.15) is 29.9 Å². The van der Waals surface area contributed by atoms with Crippen molar-refractivity contribution in [2.24, 2.45) is 5.73 Å². The number of H-pyrrole nitrogens is 1. The number of nitrogens with one attached hydrogen (secondary N) is 2. The van der Waals surface area contributed by atoms with Crippen molar-refractivity contribution >= 4 is 40.1 Å². The average Bonchev–Trinajstić information content (AvgIpc) is 3.09. The number of hydrogen-bond acceptors (Lipinski definition) is 6. The third kappa shape index (κ3) is 5.94. The van der Waals surface area contributed by atoms with Gasteiger partial charge >= 0.3 is 5.69 Å². The highest BCUT2D eigenvalue weighted by atomic mass is 127. The van der Waals surface area contributed by atoms with Crippen LogP contribution < -0.4 is 21.5 Å². The van der Waals surface area contributed by atoms with E-state index in [1.165, 1.54) is 12.1 Å². The highest BCUT2D eigenvalue weighted by Crippen LogP contribution is 2.31. The van der Waals surface area contributed by atoms with Gasteiger partial charge in [0.2, 0.25) is 17.7 Å². The number of hydrogen-bond donors (Lipinski definition) is 5. The Balaban J connectivity index is 1.94. The van der Waals surface area contributed by atoms with E-state index in [0.717, 1.165) is 4.57 Å². The van der Waals surface area contributed by atoms with Crippen LogP contribution in [0.15, 0.2) is 47.3 Å². The molecule has 0 fully saturated rings. The maximum atomic E-state index is 14.2. The predicted molar refractivity (Wildman–Crippen MR) is 130 cm³/mol. The van der Waals surface area contributed by atoms with Crippen LogP contribution >= 0.6 is 22.6 Å². The standard InChI is InChI=1S/C22H22FIN4O6/c23-15-11-13(24)3-6-16(15)26-20(31)17(7-8-18(25)30)28-21(32)19(27-22(28)33)12-1-4-14(5-2-12)34-10-9-29/h1-6,11,17,29,32H,7-10H2,(H2,25,30)(H,26,31)(H,27,33)/t17-/m0/s1. The van der Waals surface area contributed by atoms with Crippen LogP contribution in [0.5, 0.6) is 11.6 Å². The van der Waals surface area contributed by atoms with Gasteiger partial charge in [-0.25, -0.2) is 9.18 Å². The first-order valence-corrected chi connectivity index (χ1v) is 11.2. The first-order valence-electron chi connectivity index (χ1n) is 10.1. The van der Waals surface area contributed by atoms with Crippen molar-refractivity contribution in [2.75, 3.05) is 18.5 Å². The Labute approximate surface area is 206 Å². The fraction of sp³-hybridized carbons (Fsp3) is 0.227. The van der Waals surface area contributed by atoms with Gasteiger partial charge in [-0.3, -0.25) is 14.2 Å². The first-order chi connectivity index (χ1) is 16.2. The number of carbonyl (C=O) groups excluding carboxylic acids is 2. The number of amides is 2. The molecule has 0 radical (unpaired) electrons. The summed E-state index contributed by atoms with van der Waals surface area (Å²) in [4.78, 5) is 39.6. The summed E-state index contributed by atoms with van der Waals surface area (Å²) < 4.78 is 20.9. The summed E-state index contributed by atoms with van der Waals surface area (Å²) in [6.07, 6.45) is -0.456. The van der Waals surface area contributed by atoms with Crippen LogP contribution in [0.1, 0.15) is 18.9 Å². The number of imidazole rings is 1. The zero-order chi connectivity index (χ0) is 24.8. The zero-order valence-electron chi connectivity index (χ0n) is 17.8. The molecule has 0 aliphatic rings. The lowest BCUT2D eigenvalue weighted by atomic mass is 10.1. The fourth-order valence-electron chi connectivity index (χ4n) is 3.27. The molecule has 3 aromatic rings. The Bertz CT molecular complexity index is 1240. The topological polar surface area (TPSA) is 160 Å². The molecular formula is C22H22FIN4O6. The van der Waals surface area contributed by atoms with E-state index in [-0.39, 0.29) is 37.4 Å². The van der Waals surface area contributed by atoms with E-state index in [1.54, 1.807) is 30.3 Å². The molecule has 1 heterocycles. The number of ether oxygens (including phenoxy) is 1. The van der Waals surface area contributed by atoms with Gasteiger partial charge in [-0.2, -0.15) is 0 Å². The van der Waals surface area contributed by atoms with Gasteiger partial charge in [-0.1, -0.05) is 0 Å². The van der Waals surface area contributed by atoms with Crippen molar-refractivity contribution in [1.82, 2.24) is 9.55 Å². The molecule has 2 aromatic carbocycles. The molecule has 0 saturated carbocycles. The lowest BCUT2D eigenvalue weighted by Gasteiger charge is -2.18. The molecule has 180 valence electrons. The van der Waals surface area contributed by atoms with Gasteiger partial charge in [-0.05, 0) is 71.5 Å². The molecule has 0 aliphatic heterocycles. The number of nitrogens with two attached hydrogens (primary N) is 1. The Hall–Kier alpha value is -3.39. The van der Waals surface area contributed by atoms with E-state index in [0.29, 0.717) is 14.9 Å². The second kappa shape index (κ2) is 11.2. The minimum absolute atomic E-state index is 0.0380. The summed E-state index contributed by atoms with van der Waals surface area (Å²) in [7, 11) is 0. The summed E-state index contributed by atoms with van der Waals surface area (Å²) in [5, 5.41) is 22.1. The van der Waals surface area contributed by atoms with Crippen molar-refractivity contribution in [1.29, 1.82) is 0 Å². The SMILES string of the molecule is NC(=O)CC[C@@H](C(=O)Nc1ccc(I)cc1F)n1c(O)c(-c2ccc(OCCO)cc2)[nH]c1=O. The number of carbonyl (C=O) groups is 2. The molecule has 1 atom stereocenters. The number of rotatable bonds is 10. The van der Waals surface area contributed by atoms with Gasteiger partial charge in [0.15, 0.2) is 0 Å². The van der Waals surface area contributed by atoms with Gasteiger partial charge in [-0.15, -0.1) is 0 Å². The molecule has 3 rings (SSSR count). The van der Waals surface area contributed by atoms with E-state index < -0.39 is 35.2 Å². The van der Waals surface area contributed by atoms with E-state index in [9.17, 15) is 23.9 Å². The maximum absolute atomic E-state index is 14.2. The normalized spacial score (nSPS) is 11.7. The largest absolute Gasteiger partial charge is 0.493 e. The predicted octanol–water partition coefficient (Wildman–Crippen LogP) is 2.11. The molecule has 0 aliphatic carbocycles. The molecule has 0 unspecified atom stereocenters. The zero-order valence-corrected chi connectivity index (χ0v) is 19.9. The van der Waals surface area contributed by atoms with E-state index in [2.05, 4.69) is 10.3 Å². The second-order valence-corrected chi connectivity index (χ2v) is 8.48. The maximum Gasteiger partial charge on any atom is 0.329 e. The second-order valence-electron chi connectivity index (χ2n) is 7.23. The Morgan fingerprint density at radius 3 is 2.56 bits per heavy atom. The minimum atomic E-state index is -1.35. The highest BCUT2D eigenvalue weighted by molar-refractivity contribution is 14.1. The minimum Gasteiger partial charge on any atom is -0.493 e. The van der Waals surface area contributed by atoms with Crippen molar-refractivity contribution in [3.63, 3.8) is 0 Å². The average molecular weight is 584 g/mol. The number of aromatic hydroxyl groups is 1. The summed E-state index contributed by atoms with van der Waals surface area (Å²) in [6, 6.07) is 9.13. The van der Waals surface area contributed by atoms with Crippen LogP contribution in [0.2, 0.25) is 0 Å². The Kier molecular flexibility index (Phi) is 8.28. The number of primary amides is 1. The van der Waals surface area contributed by atoms with Crippen LogP contribution in [0.4, 0.5) is 10.1 Å². The molecule has 1 aromatic heterocycles. The van der Waals surface area contributed by atoms with Crippen LogP contribution in [-0.4, -0.2) is 44.8 Å². The molecule has 12 heteroatoms. The van der Waals surface area contributed by atoms with Crippen molar-refractivity contribution < 1.29 is 28.9 Å². The number of aliphatic hydroxyl groups is 1. The number of nitrogens with zero attached hydrogens (tertiary/aromatic N) is 1. The summed E-state index contributed by atoms with van der Waals surface area (Å²) >= 11 is 1.92. The monoisotopic (exact) mass is 584 g/mol. The molecule has 10 nitrogen and oxygen atoms in total. The lowest BCUT2D eigenvalue weighted by Crippen LogP contribution is -2.33. The molecule has 0 spiro atoms. The van der Waals surface area contributed by atoms with Gasteiger partial charge < -0.3 is 31.0 Å². The number of halogens is 2. The summed E-state index contributed by atoms with van der Waals surface area (Å²) in [6.45, 7) is -0.0464. The summed E-state index contributed by atoms with van der Waals surface area (Å²) in [5.41, 5.74) is 4.75. The van der Waals surface area contributed by atoms with E-state index in [4.69, 9.17) is 15.6 Å². The Morgan fingerprint density at radius 1 is 1.24 bits per heavy atom. The summed E-state index contributed by atoms with van der Waals surface area (Å²) in [5.74, 6) is -2.26. The van der Waals surface area contributed by atoms with Gasteiger partial charge in [0, 0.05) is 15.6 Å². The van der Waals surface area contributed by atoms with Crippen LogP contribution in [-0.2, 0) is 9.59 Å². The molecule has 34 heavy (non-hydrogen) atoms. The van der Waals surface area contributed by atoms with Gasteiger partial charge in [0.25, 0.3) is 0 Å². The molecule has 0 saturated heterocycles. The third-order valence-electron chi connectivity index (χ3n) is 4.87. The number of benzene rings is 2. The van der Waals surface area contributed by atoms with Crippen molar-refractivity contribution in [2.45, 2.75) is 18.9 Å². The van der Waals surface area contributed by atoms with Gasteiger partial charge in [0.05, 0.1) is 12.3 Å². The first kappa shape index (κ1) is 25.2. The number of aromatic nitrogens is 2. The highest BCUT2D eigenvalue weighted by Gasteiger charge is 2.28. The quantitative estimate of drug-likeness (QED) is 0.230. The fourth-order valence-corrected chi connectivity index (χ4v) is 3.73. The number of aliphatic hydroxyl groups excluding tert-OH is 1. The Morgan fingerprint density at radius 2 is 1.94 bits per heavy atom. The molecule has 0 bridgehead atoms. The lowest BCUT2D eigenvalue weighted by molar-refractivity contribution is -0.120. The van der Waals surface area contributed by atoms with Crippen molar-refractivity contribution in [3.8, 4) is 22.9 Å². The molecule has 6 N–H and O–H groups in total. The van der Waals surface area contributed by atoms with Crippen molar-refractivity contribution in [3.05, 3.63) is 62.3 Å². The number of anilines is 1.